The van der Waals surface area contributed by atoms with Crippen LogP contribution in [0.2, 0.25) is 0 Å². The van der Waals surface area contributed by atoms with E-state index in [4.69, 9.17) is 19.8 Å². The number of aromatic nitrogens is 1. The summed E-state index contributed by atoms with van der Waals surface area (Å²) in [6.07, 6.45) is 0. The zero-order chi connectivity index (χ0) is 19.9. The van der Waals surface area contributed by atoms with Crippen LogP contribution in [0.1, 0.15) is 16.8 Å². The summed E-state index contributed by atoms with van der Waals surface area (Å²) in [5, 5.41) is 8.05. The van der Waals surface area contributed by atoms with Crippen molar-refractivity contribution in [2.75, 3.05) is 26.3 Å². The Hall–Kier alpha value is -3.16. The molecule has 4 rings (SSSR count). The van der Waals surface area contributed by atoms with Crippen LogP contribution in [0.5, 0.6) is 0 Å². The predicted octanol–water partition coefficient (Wildman–Crippen LogP) is 3.01. The summed E-state index contributed by atoms with van der Waals surface area (Å²) in [7, 11) is 0. The van der Waals surface area contributed by atoms with Gasteiger partial charge in [-0.3, -0.25) is 4.90 Å². The molecular formula is C22H24N4O3. The van der Waals surface area contributed by atoms with Crippen LogP contribution >= 0.6 is 0 Å². The molecule has 0 aliphatic carbocycles. The lowest BCUT2D eigenvalue weighted by molar-refractivity contribution is 0.0342. The molecule has 1 aliphatic rings. The van der Waals surface area contributed by atoms with Crippen molar-refractivity contribution in [2.24, 2.45) is 10.9 Å². The first-order valence-electron chi connectivity index (χ1n) is 9.64. The minimum absolute atomic E-state index is 0.185. The molecule has 0 saturated carbocycles. The van der Waals surface area contributed by atoms with Crippen LogP contribution in [-0.2, 0) is 22.7 Å². The molecule has 150 valence electrons. The minimum Gasteiger partial charge on any atom is -0.387 e. The Morgan fingerprint density at radius 1 is 1.07 bits per heavy atom. The van der Waals surface area contributed by atoms with Crippen LogP contribution in [0.25, 0.3) is 11.3 Å². The highest BCUT2D eigenvalue weighted by atomic mass is 16.6. The number of nitrogens with zero attached hydrogens (tertiary/aromatic N) is 3. The van der Waals surface area contributed by atoms with Crippen molar-refractivity contribution in [1.29, 1.82) is 0 Å². The summed E-state index contributed by atoms with van der Waals surface area (Å²) < 4.78 is 10.8. The number of rotatable bonds is 7. The average Bonchev–Trinajstić information content (AvgIpc) is 3.24. The summed E-state index contributed by atoms with van der Waals surface area (Å²) in [5.74, 6) is 1.03. The van der Waals surface area contributed by atoms with Crippen molar-refractivity contribution in [3.05, 3.63) is 77.5 Å². The number of hydrogen-bond acceptors (Lipinski definition) is 6. The van der Waals surface area contributed by atoms with Crippen molar-refractivity contribution >= 4 is 5.84 Å². The first-order chi connectivity index (χ1) is 14.3. The second kappa shape index (κ2) is 9.36. The Morgan fingerprint density at radius 3 is 2.72 bits per heavy atom. The summed E-state index contributed by atoms with van der Waals surface area (Å²) in [5.41, 5.74) is 9.74. The van der Waals surface area contributed by atoms with Crippen LogP contribution in [0, 0.1) is 0 Å². The fraction of sp³-hybridized carbons (Fsp3) is 0.273. The zero-order valence-electron chi connectivity index (χ0n) is 16.2. The lowest BCUT2D eigenvalue weighted by Crippen LogP contribution is -2.35. The third-order valence-corrected chi connectivity index (χ3v) is 4.73. The largest absolute Gasteiger partial charge is 0.387 e. The van der Waals surface area contributed by atoms with Gasteiger partial charge in [0.05, 0.1) is 13.2 Å². The van der Waals surface area contributed by atoms with Gasteiger partial charge in [-0.15, -0.1) is 0 Å². The minimum atomic E-state index is 0.185. The van der Waals surface area contributed by atoms with Crippen LogP contribution in [-0.4, -0.2) is 42.2 Å². The van der Waals surface area contributed by atoms with E-state index in [-0.39, 0.29) is 6.61 Å². The van der Waals surface area contributed by atoms with E-state index in [2.05, 4.69) is 21.3 Å². The number of benzene rings is 2. The van der Waals surface area contributed by atoms with Gasteiger partial charge in [-0.2, -0.15) is 0 Å². The van der Waals surface area contributed by atoms with Crippen molar-refractivity contribution < 1.29 is 14.1 Å². The molecule has 7 nitrogen and oxygen atoms in total. The second-order valence-electron chi connectivity index (χ2n) is 6.89. The number of oxime groups is 1. The van der Waals surface area contributed by atoms with Crippen molar-refractivity contribution in [3.63, 3.8) is 0 Å². The molecule has 1 aliphatic heterocycles. The predicted molar refractivity (Wildman–Crippen MR) is 110 cm³/mol. The Kier molecular flexibility index (Phi) is 6.19. The van der Waals surface area contributed by atoms with E-state index in [9.17, 15) is 0 Å². The maximum absolute atomic E-state index is 6.11. The fourth-order valence-electron chi connectivity index (χ4n) is 3.19. The molecule has 2 N–H and O–H groups in total. The molecular weight excluding hydrogens is 368 g/mol. The van der Waals surface area contributed by atoms with Gasteiger partial charge in [0.25, 0.3) is 0 Å². The smallest absolute Gasteiger partial charge is 0.170 e. The Morgan fingerprint density at radius 2 is 1.90 bits per heavy atom. The first kappa shape index (κ1) is 19.2. The van der Waals surface area contributed by atoms with Crippen LogP contribution in [0.4, 0.5) is 0 Å². The fourth-order valence-corrected chi connectivity index (χ4v) is 3.19. The van der Waals surface area contributed by atoms with Crippen molar-refractivity contribution in [2.45, 2.75) is 13.2 Å². The Balaban J connectivity index is 1.34. The summed E-state index contributed by atoms with van der Waals surface area (Å²) in [6.45, 7) is 4.51. The average molecular weight is 392 g/mol. The van der Waals surface area contributed by atoms with E-state index in [1.165, 1.54) is 5.56 Å². The number of hydrogen-bond donors (Lipinski definition) is 1. The van der Waals surface area contributed by atoms with E-state index in [1.807, 2.05) is 54.6 Å². The van der Waals surface area contributed by atoms with Gasteiger partial charge >= 0.3 is 0 Å². The topological polar surface area (TPSA) is 86.1 Å². The third kappa shape index (κ3) is 5.22. The second-order valence-corrected chi connectivity index (χ2v) is 6.89. The highest BCUT2D eigenvalue weighted by Gasteiger charge is 2.11. The molecule has 3 aromatic rings. The monoisotopic (exact) mass is 392 g/mol. The summed E-state index contributed by atoms with van der Waals surface area (Å²) in [6, 6.07) is 19.7. The molecule has 0 unspecified atom stereocenters. The highest BCUT2D eigenvalue weighted by molar-refractivity contribution is 5.97. The SMILES string of the molecule is N/C(=N/OCc1cc(-c2ccccc2)on1)c1cccc(CN2CCOCC2)c1. The summed E-state index contributed by atoms with van der Waals surface area (Å²) in [4.78, 5) is 7.75. The van der Waals surface area contributed by atoms with Crippen molar-refractivity contribution in [3.8, 4) is 11.3 Å². The molecule has 0 spiro atoms. The number of nitrogens with two attached hydrogens (primary N) is 1. The Bertz CT molecular complexity index is 949. The third-order valence-electron chi connectivity index (χ3n) is 4.73. The van der Waals surface area contributed by atoms with Gasteiger partial charge in [-0.25, -0.2) is 0 Å². The molecule has 2 heterocycles. The van der Waals surface area contributed by atoms with Crippen LogP contribution in [0.15, 0.2) is 70.3 Å². The lowest BCUT2D eigenvalue weighted by Gasteiger charge is -2.26. The van der Waals surface area contributed by atoms with Gasteiger partial charge in [0.2, 0.25) is 0 Å². The molecule has 1 fully saturated rings. The van der Waals surface area contributed by atoms with E-state index in [0.29, 0.717) is 17.3 Å². The highest BCUT2D eigenvalue weighted by Crippen LogP contribution is 2.20. The van der Waals surface area contributed by atoms with E-state index >= 15 is 0 Å². The molecule has 0 atom stereocenters. The zero-order valence-corrected chi connectivity index (χ0v) is 16.2. The van der Waals surface area contributed by atoms with Gasteiger partial charge in [-0.1, -0.05) is 58.8 Å². The van der Waals surface area contributed by atoms with E-state index < -0.39 is 0 Å². The lowest BCUT2D eigenvalue weighted by atomic mass is 10.1. The molecule has 2 aromatic carbocycles. The molecule has 0 radical (unpaired) electrons. The van der Waals surface area contributed by atoms with Crippen LogP contribution in [0.3, 0.4) is 0 Å². The summed E-state index contributed by atoms with van der Waals surface area (Å²) >= 11 is 0. The molecule has 29 heavy (non-hydrogen) atoms. The molecule has 1 saturated heterocycles. The van der Waals surface area contributed by atoms with E-state index in [1.54, 1.807) is 0 Å². The number of ether oxygens (including phenoxy) is 1. The number of morpholine rings is 1. The van der Waals surface area contributed by atoms with E-state index in [0.717, 1.165) is 44.0 Å². The maximum Gasteiger partial charge on any atom is 0.170 e. The normalized spacial score (nSPS) is 15.4. The van der Waals surface area contributed by atoms with Crippen LogP contribution < -0.4 is 5.73 Å². The van der Waals surface area contributed by atoms with Gasteiger partial charge in [0, 0.05) is 36.8 Å². The van der Waals surface area contributed by atoms with Crippen molar-refractivity contribution in [1.82, 2.24) is 10.1 Å². The van der Waals surface area contributed by atoms with Gasteiger partial charge in [0.15, 0.2) is 18.2 Å². The maximum atomic E-state index is 6.11. The first-order valence-corrected chi connectivity index (χ1v) is 9.64. The number of amidine groups is 1. The van der Waals surface area contributed by atoms with Gasteiger partial charge < -0.3 is 19.8 Å². The molecule has 7 heteroatoms. The van der Waals surface area contributed by atoms with Gasteiger partial charge in [-0.05, 0) is 11.6 Å². The quantitative estimate of drug-likeness (QED) is 0.378. The Labute approximate surface area is 169 Å². The standard InChI is InChI=1S/C22H24N4O3/c23-22(19-8-4-5-17(13-19)15-26-9-11-27-12-10-26)25-28-16-20-14-21(29-24-20)18-6-2-1-3-7-18/h1-8,13-14H,9-12,15-16H2,(H2,23,25). The molecule has 0 bridgehead atoms. The molecule has 0 amide bonds. The molecule has 1 aromatic heterocycles. The van der Waals surface area contributed by atoms with Gasteiger partial charge in [0.1, 0.15) is 5.69 Å².